The number of hydrogen-bond acceptors (Lipinski definition) is 20. The minimum Gasteiger partial charge on any atom is -0.380 e. The van der Waals surface area contributed by atoms with Crippen molar-refractivity contribution in [2.45, 2.75) is 144 Å². The van der Waals surface area contributed by atoms with Crippen molar-refractivity contribution in [2.75, 3.05) is 138 Å². The highest BCUT2D eigenvalue weighted by atomic mass is 16.5. The zero-order valence-corrected chi connectivity index (χ0v) is 53.5. The summed E-state index contributed by atoms with van der Waals surface area (Å²) in [7, 11) is 0. The van der Waals surface area contributed by atoms with Gasteiger partial charge in [-0.2, -0.15) is 0 Å². The van der Waals surface area contributed by atoms with E-state index in [0.717, 1.165) is 0 Å². The Morgan fingerprint density at radius 3 is 0.864 bits per heavy atom. The number of rotatable bonds is 57. The van der Waals surface area contributed by atoms with Crippen molar-refractivity contribution in [1.82, 2.24) is 53.2 Å². The lowest BCUT2D eigenvalue weighted by atomic mass is 10.0. The molecule has 506 valence electrons. The highest BCUT2D eigenvalue weighted by molar-refractivity contribution is 5.87. The van der Waals surface area contributed by atoms with E-state index in [9.17, 15) is 62.6 Å². The number of nitrogens with one attached hydrogen (secondary N) is 10. The molecule has 0 spiro atoms. The minimum absolute atomic E-state index is 0.0132. The molecule has 0 aliphatic heterocycles. The highest BCUT2D eigenvalue weighted by Gasteiger charge is 2.35. The molecule has 0 aliphatic rings. The number of aliphatic hydroxyl groups excluding tert-OH is 1. The number of amides is 9. The summed E-state index contributed by atoms with van der Waals surface area (Å²) in [5, 5.41) is 37.3. The van der Waals surface area contributed by atoms with E-state index in [1.54, 1.807) is 55.4 Å². The molecule has 9 amide bonds. The maximum atomic E-state index is 13.2. The highest BCUT2D eigenvalue weighted by Crippen LogP contribution is 2.13. The van der Waals surface area contributed by atoms with Gasteiger partial charge in [-0.1, -0.05) is 55.4 Å². The van der Waals surface area contributed by atoms with E-state index < -0.39 is 17.7 Å². The summed E-state index contributed by atoms with van der Waals surface area (Å²) in [4.78, 5) is 147. The summed E-state index contributed by atoms with van der Waals surface area (Å²) < 4.78 is 34.1. The van der Waals surface area contributed by atoms with Gasteiger partial charge in [0, 0.05) is 153 Å². The molecule has 0 radical (unpaired) electrons. The zero-order chi connectivity index (χ0) is 66.0. The molecule has 29 heteroatoms. The third kappa shape index (κ3) is 47.9. The van der Waals surface area contributed by atoms with E-state index in [0.29, 0.717) is 13.0 Å². The van der Waals surface area contributed by atoms with Crippen LogP contribution in [0.1, 0.15) is 132 Å². The van der Waals surface area contributed by atoms with Crippen LogP contribution < -0.4 is 53.2 Å². The number of Topliss-reactive ketones (excluding diaryl/α,β-unsaturated/α-hetero) is 3. The topological polar surface area (TPSA) is 401 Å². The smallest absolute Gasteiger partial charge is 0.223 e. The second-order valence-electron chi connectivity index (χ2n) is 22.1. The molecule has 0 aliphatic carbocycles. The predicted octanol–water partition coefficient (Wildman–Crippen LogP) is -1.21. The molecule has 0 heterocycles. The Labute approximate surface area is 519 Å². The molecule has 0 aromatic heterocycles. The largest absolute Gasteiger partial charge is 0.380 e. The summed E-state index contributed by atoms with van der Waals surface area (Å²) in [5.41, 5.74) is -1.36. The Bertz CT molecular complexity index is 1990. The van der Waals surface area contributed by atoms with Crippen LogP contribution in [0.15, 0.2) is 0 Å². The van der Waals surface area contributed by atoms with Gasteiger partial charge in [-0.05, 0) is 6.42 Å². The Morgan fingerprint density at radius 2 is 0.568 bits per heavy atom. The molecule has 88 heavy (non-hydrogen) atoms. The number of carbonyl (C=O) groups is 12. The fourth-order valence-electron chi connectivity index (χ4n) is 7.20. The van der Waals surface area contributed by atoms with Crippen molar-refractivity contribution in [3.63, 3.8) is 0 Å². The fourth-order valence-corrected chi connectivity index (χ4v) is 7.20. The van der Waals surface area contributed by atoms with Crippen LogP contribution in [-0.2, 0) is 86.0 Å². The fraction of sp³-hybridized carbons (Fsp3) is 0.797. The number of ether oxygens (including phenoxy) is 6. The van der Waals surface area contributed by atoms with Crippen LogP contribution in [0.2, 0.25) is 0 Å². The lowest BCUT2D eigenvalue weighted by Crippen LogP contribution is -2.59. The van der Waals surface area contributed by atoms with Gasteiger partial charge in [0.1, 0.15) is 29.1 Å². The van der Waals surface area contributed by atoms with Crippen molar-refractivity contribution < 1.29 is 91.1 Å². The Hall–Kier alpha value is -6.08. The molecule has 0 aromatic rings. The van der Waals surface area contributed by atoms with Gasteiger partial charge in [0.15, 0.2) is 0 Å². The summed E-state index contributed by atoms with van der Waals surface area (Å²) in [6, 6.07) is 0. The van der Waals surface area contributed by atoms with Crippen LogP contribution in [0.3, 0.4) is 0 Å². The maximum absolute atomic E-state index is 13.2. The van der Waals surface area contributed by atoms with Gasteiger partial charge in [-0.3, -0.25) is 62.9 Å². The number of aliphatic hydroxyl groups is 1. The molecular formula is C59H106N10O19. The van der Waals surface area contributed by atoms with Crippen LogP contribution in [0.5, 0.6) is 0 Å². The van der Waals surface area contributed by atoms with Crippen molar-refractivity contribution in [2.24, 2.45) is 23.7 Å². The van der Waals surface area contributed by atoms with Gasteiger partial charge < -0.3 is 81.4 Å². The van der Waals surface area contributed by atoms with Gasteiger partial charge in [-0.15, -0.1) is 0 Å². The number of hydrogen-bond donors (Lipinski definition) is 11. The lowest BCUT2D eigenvalue weighted by molar-refractivity contribution is -0.132. The minimum atomic E-state index is -1.36. The Morgan fingerprint density at radius 1 is 0.307 bits per heavy atom. The van der Waals surface area contributed by atoms with E-state index in [-0.39, 0.29) is 291 Å². The van der Waals surface area contributed by atoms with E-state index in [1.165, 1.54) is 0 Å². The lowest BCUT2D eigenvalue weighted by Gasteiger charge is -2.35. The summed E-state index contributed by atoms with van der Waals surface area (Å²) in [5.74, 6) is -3.69. The number of carbonyl (C=O) groups excluding carboxylic acids is 12. The van der Waals surface area contributed by atoms with E-state index in [4.69, 9.17) is 28.4 Å². The average molecular weight is 1260 g/mol. The first kappa shape index (κ1) is 81.9. The van der Waals surface area contributed by atoms with Gasteiger partial charge in [0.2, 0.25) is 53.2 Å². The average Bonchev–Trinajstić information content (AvgIpc) is 3.59. The Balaban J connectivity index is 5.14. The van der Waals surface area contributed by atoms with E-state index in [1.807, 2.05) is 0 Å². The third-order valence-electron chi connectivity index (χ3n) is 12.8. The van der Waals surface area contributed by atoms with Gasteiger partial charge >= 0.3 is 0 Å². The second-order valence-corrected chi connectivity index (χ2v) is 22.1. The third-order valence-corrected chi connectivity index (χ3v) is 12.8. The molecule has 0 fully saturated rings. The predicted molar refractivity (Wildman–Crippen MR) is 324 cm³/mol. The first-order valence-electron chi connectivity index (χ1n) is 30.8. The molecule has 0 saturated carbocycles. The SMILES string of the molecule is CC(C)C(=O)CCC(=O)NCCOCCC(=O)NCCNC(=O)CCOCC(COCCC(=O)NCCNC(=O)CCOCCNC(=O)CCC(=O)C(C)C)(COCCC(=O)NCCNC(=O)CCOCCNC(O)CCC(=O)C(C)C)NC(=O)C(C)C. The molecule has 0 bridgehead atoms. The van der Waals surface area contributed by atoms with E-state index >= 15 is 0 Å². The van der Waals surface area contributed by atoms with Crippen LogP contribution in [0.4, 0.5) is 0 Å². The molecule has 0 rings (SSSR count). The van der Waals surface area contributed by atoms with Crippen LogP contribution in [0.25, 0.3) is 0 Å². The van der Waals surface area contributed by atoms with Gasteiger partial charge in [0.05, 0.1) is 79.3 Å². The van der Waals surface area contributed by atoms with Crippen LogP contribution >= 0.6 is 0 Å². The van der Waals surface area contributed by atoms with Gasteiger partial charge in [0.25, 0.3) is 0 Å². The molecule has 0 saturated heterocycles. The monoisotopic (exact) mass is 1260 g/mol. The summed E-state index contributed by atoms with van der Waals surface area (Å²) in [6.45, 7) is 15.7. The molecule has 1 atom stereocenters. The quantitative estimate of drug-likeness (QED) is 0.0251. The Kier molecular flexibility index (Phi) is 48.2. The molecular weight excluding hydrogens is 1150 g/mol. The van der Waals surface area contributed by atoms with Gasteiger partial charge in [-0.25, -0.2) is 0 Å². The molecule has 11 N–H and O–H groups in total. The molecule has 0 aromatic carbocycles. The summed E-state index contributed by atoms with van der Waals surface area (Å²) in [6.07, 6.45) is 0.187. The van der Waals surface area contributed by atoms with Crippen molar-refractivity contribution in [3.05, 3.63) is 0 Å². The van der Waals surface area contributed by atoms with Crippen molar-refractivity contribution in [1.29, 1.82) is 0 Å². The zero-order valence-electron chi connectivity index (χ0n) is 53.5. The second kappa shape index (κ2) is 51.8. The van der Waals surface area contributed by atoms with E-state index in [2.05, 4.69) is 53.2 Å². The van der Waals surface area contributed by atoms with Crippen molar-refractivity contribution in [3.8, 4) is 0 Å². The first-order chi connectivity index (χ1) is 41.9. The number of ketones is 3. The maximum Gasteiger partial charge on any atom is 0.223 e. The molecule has 1 unspecified atom stereocenters. The first-order valence-corrected chi connectivity index (χ1v) is 30.8. The normalized spacial score (nSPS) is 11.7. The van der Waals surface area contributed by atoms with Crippen molar-refractivity contribution >= 4 is 70.5 Å². The molecule has 29 nitrogen and oxygen atoms in total. The summed E-state index contributed by atoms with van der Waals surface area (Å²) >= 11 is 0. The van der Waals surface area contributed by atoms with Crippen LogP contribution in [-0.4, -0.2) is 226 Å². The van der Waals surface area contributed by atoms with Crippen LogP contribution in [0, 0.1) is 23.7 Å². The standard InChI is InChI=1S/C59H106N10O19/c1-42(2)46(70)9-12-49(73)66-27-36-83-30-15-52(76)60-21-24-63-55(79)18-33-86-39-59(69-58(82)45(7)8,40-87-34-19-56(80)64-25-22-61-53(77)16-31-84-37-28-67-50(74)13-10-47(71)43(3)4)41-88-35-20-57(81)65-26-23-62-54(78)17-32-85-38-29-68-51(75)14-11-48(72)44(5)6/h42-45,49,66,73H,9-41H2,1-8H3,(H,60,76)(H,61,77)(H,62,78)(H,63,79)(H,64,80)(H,65,81)(H,67,74)(H,68,75)(H,69,82).